The summed E-state index contributed by atoms with van der Waals surface area (Å²) in [5, 5.41) is 3.26. The third-order valence-electron chi connectivity index (χ3n) is 1.85. The molecule has 1 heterocycles. The van der Waals surface area contributed by atoms with Gasteiger partial charge in [-0.25, -0.2) is 0 Å². The van der Waals surface area contributed by atoms with Gasteiger partial charge in [-0.1, -0.05) is 12.2 Å². The Morgan fingerprint density at radius 2 is 2.50 bits per heavy atom. The van der Waals surface area contributed by atoms with E-state index in [-0.39, 0.29) is 6.04 Å². The highest BCUT2D eigenvalue weighted by atomic mass is 79.9. The maximum Gasteiger partial charge on any atom is 0.136 e. The molecule has 1 aromatic heterocycles. The number of halogens is 1. The predicted octanol–water partition coefficient (Wildman–Crippen LogP) is 2.21. The molecule has 0 bridgehead atoms. The van der Waals surface area contributed by atoms with Crippen LogP contribution in [0, 0.1) is 0 Å². The molecule has 3 N–H and O–H groups in total. The molecule has 0 fully saturated rings. The van der Waals surface area contributed by atoms with Crippen LogP contribution in [-0.4, -0.2) is 13.1 Å². The van der Waals surface area contributed by atoms with Crippen LogP contribution >= 0.6 is 15.9 Å². The van der Waals surface area contributed by atoms with Crippen LogP contribution in [0.4, 0.5) is 0 Å². The van der Waals surface area contributed by atoms with Crippen LogP contribution in [0.3, 0.4) is 0 Å². The molecule has 1 atom stereocenters. The van der Waals surface area contributed by atoms with Gasteiger partial charge in [-0.3, -0.25) is 0 Å². The molecule has 78 valence electrons. The minimum absolute atomic E-state index is 0.0380. The Morgan fingerprint density at radius 1 is 1.79 bits per heavy atom. The third kappa shape index (κ3) is 2.97. The van der Waals surface area contributed by atoms with E-state index in [0.717, 1.165) is 22.4 Å². The summed E-state index contributed by atoms with van der Waals surface area (Å²) in [4.78, 5) is 0. The summed E-state index contributed by atoms with van der Waals surface area (Å²) in [6, 6.07) is 1.90. The molecule has 14 heavy (non-hydrogen) atoms. The molecule has 0 radical (unpaired) electrons. The number of nitrogens with one attached hydrogen (secondary N) is 1. The first-order valence-electron chi connectivity index (χ1n) is 4.46. The number of rotatable bonds is 5. The maximum atomic E-state index is 5.65. The minimum Gasteiger partial charge on any atom is -0.466 e. The largest absolute Gasteiger partial charge is 0.466 e. The molecular formula is C10H15BrN2O. The topological polar surface area (TPSA) is 51.2 Å². The standard InChI is InChI=1S/C10H15BrN2O/c1-7(2)6-13-9(5-12)10-8(11)3-4-14-10/h3-4,9,13H,1,5-6,12H2,2H3. The Kier molecular flexibility index (Phi) is 4.38. The monoisotopic (exact) mass is 258 g/mol. The lowest BCUT2D eigenvalue weighted by molar-refractivity contribution is 0.423. The van der Waals surface area contributed by atoms with Crippen molar-refractivity contribution in [2.24, 2.45) is 5.73 Å². The summed E-state index contributed by atoms with van der Waals surface area (Å²) in [5.41, 5.74) is 6.72. The molecule has 1 aromatic rings. The van der Waals surface area contributed by atoms with Crippen molar-refractivity contribution in [2.45, 2.75) is 13.0 Å². The lowest BCUT2D eigenvalue weighted by atomic mass is 10.2. The van der Waals surface area contributed by atoms with E-state index in [1.165, 1.54) is 0 Å². The zero-order valence-electron chi connectivity index (χ0n) is 8.22. The van der Waals surface area contributed by atoms with Gasteiger partial charge in [0.15, 0.2) is 0 Å². The van der Waals surface area contributed by atoms with Crippen LogP contribution < -0.4 is 11.1 Å². The Balaban J connectivity index is 2.63. The van der Waals surface area contributed by atoms with E-state index in [0.29, 0.717) is 6.54 Å². The fourth-order valence-electron chi connectivity index (χ4n) is 1.13. The van der Waals surface area contributed by atoms with Crippen molar-refractivity contribution in [3.05, 3.63) is 34.7 Å². The van der Waals surface area contributed by atoms with E-state index in [1.807, 2.05) is 13.0 Å². The maximum absolute atomic E-state index is 5.65. The van der Waals surface area contributed by atoms with Crippen LogP contribution in [0.25, 0.3) is 0 Å². The SMILES string of the molecule is C=C(C)CNC(CN)c1occc1Br. The van der Waals surface area contributed by atoms with Crippen molar-refractivity contribution in [3.63, 3.8) is 0 Å². The van der Waals surface area contributed by atoms with E-state index < -0.39 is 0 Å². The Morgan fingerprint density at radius 3 is 2.93 bits per heavy atom. The van der Waals surface area contributed by atoms with Gasteiger partial charge in [-0.05, 0) is 28.9 Å². The fourth-order valence-corrected chi connectivity index (χ4v) is 1.61. The minimum atomic E-state index is 0.0380. The lowest BCUT2D eigenvalue weighted by Crippen LogP contribution is -2.29. The van der Waals surface area contributed by atoms with Crippen LogP contribution in [0.5, 0.6) is 0 Å². The Bertz CT molecular complexity index is 309. The van der Waals surface area contributed by atoms with Gasteiger partial charge in [0.25, 0.3) is 0 Å². The van der Waals surface area contributed by atoms with Crippen molar-refractivity contribution < 1.29 is 4.42 Å². The molecule has 0 aliphatic heterocycles. The second-order valence-corrected chi connectivity index (χ2v) is 4.11. The fraction of sp³-hybridized carbons (Fsp3) is 0.400. The first-order valence-corrected chi connectivity index (χ1v) is 5.25. The summed E-state index contributed by atoms with van der Waals surface area (Å²) in [5.74, 6) is 0.841. The Labute approximate surface area is 92.5 Å². The number of hydrogen-bond acceptors (Lipinski definition) is 3. The summed E-state index contributed by atoms with van der Waals surface area (Å²) >= 11 is 3.40. The van der Waals surface area contributed by atoms with E-state index in [2.05, 4.69) is 27.8 Å². The third-order valence-corrected chi connectivity index (χ3v) is 2.50. The van der Waals surface area contributed by atoms with Gasteiger partial charge >= 0.3 is 0 Å². The second kappa shape index (κ2) is 5.34. The van der Waals surface area contributed by atoms with E-state index in [1.54, 1.807) is 6.26 Å². The molecule has 0 amide bonds. The van der Waals surface area contributed by atoms with Gasteiger partial charge in [-0.15, -0.1) is 0 Å². The zero-order chi connectivity index (χ0) is 10.6. The van der Waals surface area contributed by atoms with Crippen LogP contribution in [0.1, 0.15) is 18.7 Å². The molecule has 4 heteroatoms. The molecule has 0 spiro atoms. The van der Waals surface area contributed by atoms with E-state index >= 15 is 0 Å². The molecule has 0 saturated heterocycles. The summed E-state index contributed by atoms with van der Waals surface area (Å²) < 4.78 is 6.28. The van der Waals surface area contributed by atoms with Gasteiger partial charge in [0.05, 0.1) is 16.8 Å². The second-order valence-electron chi connectivity index (χ2n) is 3.26. The highest BCUT2D eigenvalue weighted by molar-refractivity contribution is 9.10. The van der Waals surface area contributed by atoms with Gasteiger partial charge in [0.1, 0.15) is 5.76 Å². The highest BCUT2D eigenvalue weighted by Crippen LogP contribution is 2.23. The molecule has 3 nitrogen and oxygen atoms in total. The van der Waals surface area contributed by atoms with Gasteiger partial charge in [-0.2, -0.15) is 0 Å². The zero-order valence-corrected chi connectivity index (χ0v) is 9.80. The van der Waals surface area contributed by atoms with Crippen molar-refractivity contribution in [1.82, 2.24) is 5.32 Å². The molecule has 1 rings (SSSR count). The van der Waals surface area contributed by atoms with E-state index in [4.69, 9.17) is 10.2 Å². The van der Waals surface area contributed by atoms with Gasteiger partial charge < -0.3 is 15.5 Å². The molecule has 0 saturated carbocycles. The molecule has 0 aliphatic rings. The lowest BCUT2D eigenvalue weighted by Gasteiger charge is -2.14. The van der Waals surface area contributed by atoms with Gasteiger partial charge in [0.2, 0.25) is 0 Å². The first-order chi connectivity index (χ1) is 6.65. The highest BCUT2D eigenvalue weighted by Gasteiger charge is 2.15. The Hall–Kier alpha value is -0.580. The predicted molar refractivity (Wildman–Crippen MR) is 61.0 cm³/mol. The quantitative estimate of drug-likeness (QED) is 0.797. The van der Waals surface area contributed by atoms with Crippen molar-refractivity contribution in [2.75, 3.05) is 13.1 Å². The number of nitrogens with two attached hydrogens (primary N) is 1. The molecular weight excluding hydrogens is 244 g/mol. The number of furan rings is 1. The number of hydrogen-bond donors (Lipinski definition) is 2. The van der Waals surface area contributed by atoms with Crippen molar-refractivity contribution in [3.8, 4) is 0 Å². The summed E-state index contributed by atoms with van der Waals surface area (Å²) in [7, 11) is 0. The first kappa shape index (κ1) is 11.5. The van der Waals surface area contributed by atoms with E-state index in [9.17, 15) is 0 Å². The average Bonchev–Trinajstić information content (AvgIpc) is 2.53. The smallest absolute Gasteiger partial charge is 0.136 e. The van der Waals surface area contributed by atoms with Crippen molar-refractivity contribution >= 4 is 15.9 Å². The summed E-state index contributed by atoms with van der Waals surface area (Å²) in [6.07, 6.45) is 1.64. The summed E-state index contributed by atoms with van der Waals surface area (Å²) in [6.45, 7) is 7.03. The molecule has 0 aromatic carbocycles. The van der Waals surface area contributed by atoms with Crippen LogP contribution in [0.15, 0.2) is 33.4 Å². The molecule has 0 aliphatic carbocycles. The normalized spacial score (nSPS) is 12.8. The molecule has 1 unspecified atom stereocenters. The average molecular weight is 259 g/mol. The van der Waals surface area contributed by atoms with Crippen molar-refractivity contribution in [1.29, 1.82) is 0 Å². The van der Waals surface area contributed by atoms with Gasteiger partial charge in [0, 0.05) is 13.1 Å². The van der Waals surface area contributed by atoms with Crippen LogP contribution in [-0.2, 0) is 0 Å². The van der Waals surface area contributed by atoms with Crippen LogP contribution in [0.2, 0.25) is 0 Å².